The third-order valence-corrected chi connectivity index (χ3v) is 3.13. The molecular formula is C16H14N2O2. The van der Waals surface area contributed by atoms with E-state index in [2.05, 4.69) is 9.97 Å². The summed E-state index contributed by atoms with van der Waals surface area (Å²) in [4.78, 5) is 8.65. The largest absolute Gasteiger partial charge is 0.437 e. The van der Waals surface area contributed by atoms with Gasteiger partial charge in [-0.25, -0.2) is 4.98 Å². The van der Waals surface area contributed by atoms with E-state index in [9.17, 15) is 0 Å². The van der Waals surface area contributed by atoms with Crippen molar-refractivity contribution in [2.75, 3.05) is 0 Å². The van der Waals surface area contributed by atoms with Crippen molar-refractivity contribution >= 4 is 10.9 Å². The van der Waals surface area contributed by atoms with Crippen molar-refractivity contribution in [1.82, 2.24) is 9.97 Å². The number of pyridine rings is 2. The second-order valence-corrected chi connectivity index (χ2v) is 4.52. The second-order valence-electron chi connectivity index (χ2n) is 4.52. The maximum Gasteiger partial charge on any atom is 0.219 e. The number of aromatic nitrogens is 2. The van der Waals surface area contributed by atoms with Crippen molar-refractivity contribution in [1.29, 1.82) is 0 Å². The van der Waals surface area contributed by atoms with E-state index in [4.69, 9.17) is 9.84 Å². The molecular weight excluding hydrogens is 252 g/mol. The van der Waals surface area contributed by atoms with Gasteiger partial charge in [0, 0.05) is 17.1 Å². The van der Waals surface area contributed by atoms with Crippen LogP contribution in [0.5, 0.6) is 11.6 Å². The van der Waals surface area contributed by atoms with Crippen LogP contribution in [-0.2, 0) is 6.61 Å². The van der Waals surface area contributed by atoms with Gasteiger partial charge in [0.2, 0.25) is 5.88 Å². The molecule has 0 radical (unpaired) electrons. The van der Waals surface area contributed by atoms with E-state index in [1.54, 1.807) is 12.3 Å². The topological polar surface area (TPSA) is 55.2 Å². The maximum absolute atomic E-state index is 9.13. The minimum Gasteiger partial charge on any atom is -0.437 e. The van der Waals surface area contributed by atoms with E-state index in [1.807, 2.05) is 43.3 Å². The molecule has 0 saturated carbocycles. The number of hydrogen-bond donors (Lipinski definition) is 1. The van der Waals surface area contributed by atoms with E-state index in [0.29, 0.717) is 11.6 Å². The van der Waals surface area contributed by atoms with Gasteiger partial charge < -0.3 is 9.84 Å². The fourth-order valence-corrected chi connectivity index (χ4v) is 2.02. The van der Waals surface area contributed by atoms with Crippen molar-refractivity contribution in [2.24, 2.45) is 0 Å². The fraction of sp³-hybridized carbons (Fsp3) is 0.125. The number of hydrogen-bond acceptors (Lipinski definition) is 4. The average Bonchev–Trinajstić information content (AvgIpc) is 2.47. The Morgan fingerprint density at radius 2 is 2.00 bits per heavy atom. The summed E-state index contributed by atoms with van der Waals surface area (Å²) >= 11 is 0. The Balaban J connectivity index is 1.90. The Morgan fingerprint density at radius 3 is 2.80 bits per heavy atom. The Bertz CT molecular complexity index is 756. The van der Waals surface area contributed by atoms with Crippen molar-refractivity contribution < 1.29 is 9.84 Å². The molecule has 3 aromatic rings. The van der Waals surface area contributed by atoms with Crippen molar-refractivity contribution in [2.45, 2.75) is 13.5 Å². The second kappa shape index (κ2) is 5.27. The monoisotopic (exact) mass is 266 g/mol. The van der Waals surface area contributed by atoms with Crippen molar-refractivity contribution in [3.8, 4) is 11.6 Å². The van der Waals surface area contributed by atoms with E-state index in [-0.39, 0.29) is 6.61 Å². The summed E-state index contributed by atoms with van der Waals surface area (Å²) in [7, 11) is 0. The van der Waals surface area contributed by atoms with Gasteiger partial charge in [0.25, 0.3) is 0 Å². The molecule has 0 aliphatic rings. The summed E-state index contributed by atoms with van der Waals surface area (Å²) < 4.78 is 5.71. The van der Waals surface area contributed by atoms with Gasteiger partial charge in [-0.1, -0.05) is 18.2 Å². The molecule has 20 heavy (non-hydrogen) atoms. The van der Waals surface area contributed by atoms with Crippen LogP contribution < -0.4 is 4.74 Å². The van der Waals surface area contributed by atoms with Crippen LogP contribution in [0.15, 0.2) is 48.7 Å². The summed E-state index contributed by atoms with van der Waals surface area (Å²) in [5, 5.41) is 10.1. The minimum atomic E-state index is -0.0172. The molecule has 4 nitrogen and oxygen atoms in total. The molecule has 0 amide bonds. The lowest BCUT2D eigenvalue weighted by molar-refractivity contribution is 0.280. The summed E-state index contributed by atoms with van der Waals surface area (Å²) in [5.41, 5.74) is 2.49. The van der Waals surface area contributed by atoms with Gasteiger partial charge in [-0.15, -0.1) is 0 Å². The Hall–Kier alpha value is -2.46. The van der Waals surface area contributed by atoms with Crippen LogP contribution in [0.4, 0.5) is 0 Å². The molecule has 0 fully saturated rings. The number of para-hydroxylation sites is 1. The molecule has 1 aromatic carbocycles. The van der Waals surface area contributed by atoms with Crippen LogP contribution in [0.1, 0.15) is 11.3 Å². The summed E-state index contributed by atoms with van der Waals surface area (Å²) in [6, 6.07) is 13.3. The average molecular weight is 266 g/mol. The van der Waals surface area contributed by atoms with Gasteiger partial charge in [-0.05, 0) is 30.7 Å². The van der Waals surface area contributed by atoms with Crippen LogP contribution in [0.25, 0.3) is 10.9 Å². The molecule has 0 atom stereocenters. The zero-order valence-electron chi connectivity index (χ0n) is 11.1. The lowest BCUT2D eigenvalue weighted by Crippen LogP contribution is -1.95. The highest BCUT2D eigenvalue weighted by Crippen LogP contribution is 2.23. The first kappa shape index (κ1) is 12.6. The predicted molar refractivity (Wildman–Crippen MR) is 76.7 cm³/mol. The summed E-state index contributed by atoms with van der Waals surface area (Å²) in [6.45, 7) is 1.83. The number of aryl methyl sites for hydroxylation is 1. The molecule has 0 aliphatic heterocycles. The quantitative estimate of drug-likeness (QED) is 0.790. The number of benzene rings is 1. The van der Waals surface area contributed by atoms with E-state index >= 15 is 0 Å². The minimum absolute atomic E-state index is 0.0172. The predicted octanol–water partition coefficient (Wildman–Crippen LogP) is 3.22. The molecule has 0 bridgehead atoms. The SMILES string of the molecule is Cc1nc(Oc2cnc3ccccc3c2)ccc1CO. The van der Waals surface area contributed by atoms with Gasteiger partial charge in [-0.3, -0.25) is 4.98 Å². The third-order valence-electron chi connectivity index (χ3n) is 3.13. The first-order chi connectivity index (χ1) is 9.76. The standard InChI is InChI=1S/C16H14N2O2/c1-11-13(10-19)6-7-16(18-11)20-14-8-12-4-2-3-5-15(12)17-9-14/h2-9,19H,10H2,1H3. The summed E-state index contributed by atoms with van der Waals surface area (Å²) in [5.74, 6) is 1.14. The number of rotatable bonds is 3. The molecule has 0 aliphatic carbocycles. The smallest absolute Gasteiger partial charge is 0.219 e. The van der Waals surface area contributed by atoms with Crippen LogP contribution in [0, 0.1) is 6.92 Å². The Morgan fingerprint density at radius 1 is 1.15 bits per heavy atom. The first-order valence-corrected chi connectivity index (χ1v) is 6.36. The van der Waals surface area contributed by atoms with E-state index in [0.717, 1.165) is 22.2 Å². The normalized spacial score (nSPS) is 10.7. The van der Waals surface area contributed by atoms with Crippen molar-refractivity contribution in [3.05, 3.63) is 59.9 Å². The van der Waals surface area contributed by atoms with Gasteiger partial charge in [0.05, 0.1) is 18.3 Å². The lowest BCUT2D eigenvalue weighted by atomic mass is 10.2. The molecule has 2 aromatic heterocycles. The van der Waals surface area contributed by atoms with Gasteiger partial charge in [0.1, 0.15) is 5.75 Å². The highest BCUT2D eigenvalue weighted by Gasteiger charge is 2.04. The maximum atomic E-state index is 9.13. The van der Waals surface area contributed by atoms with Crippen LogP contribution >= 0.6 is 0 Å². The highest BCUT2D eigenvalue weighted by atomic mass is 16.5. The van der Waals surface area contributed by atoms with Gasteiger partial charge in [-0.2, -0.15) is 0 Å². The number of aliphatic hydroxyl groups excluding tert-OH is 1. The molecule has 1 N–H and O–H groups in total. The molecule has 100 valence electrons. The summed E-state index contributed by atoms with van der Waals surface area (Å²) in [6.07, 6.45) is 1.68. The molecule has 4 heteroatoms. The Kier molecular flexibility index (Phi) is 3.31. The van der Waals surface area contributed by atoms with Crippen LogP contribution in [-0.4, -0.2) is 15.1 Å². The Labute approximate surface area is 116 Å². The zero-order valence-corrected chi connectivity index (χ0v) is 11.1. The molecule has 0 spiro atoms. The molecule has 3 rings (SSSR count). The highest BCUT2D eigenvalue weighted by molar-refractivity contribution is 5.79. The third kappa shape index (κ3) is 2.46. The van der Waals surface area contributed by atoms with Crippen molar-refractivity contribution in [3.63, 3.8) is 0 Å². The first-order valence-electron chi connectivity index (χ1n) is 6.36. The lowest BCUT2D eigenvalue weighted by Gasteiger charge is -2.08. The van der Waals surface area contributed by atoms with Crippen LogP contribution in [0.2, 0.25) is 0 Å². The number of fused-ring (bicyclic) bond motifs is 1. The molecule has 0 saturated heterocycles. The number of ether oxygens (including phenoxy) is 1. The van der Waals surface area contributed by atoms with E-state index in [1.165, 1.54) is 0 Å². The zero-order chi connectivity index (χ0) is 13.9. The molecule has 0 unspecified atom stereocenters. The number of nitrogens with zero attached hydrogens (tertiary/aromatic N) is 2. The van der Waals surface area contributed by atoms with Gasteiger partial charge >= 0.3 is 0 Å². The van der Waals surface area contributed by atoms with Gasteiger partial charge in [0.15, 0.2) is 0 Å². The fourth-order valence-electron chi connectivity index (χ4n) is 2.02. The van der Waals surface area contributed by atoms with Crippen LogP contribution in [0.3, 0.4) is 0 Å². The van der Waals surface area contributed by atoms with E-state index < -0.39 is 0 Å². The number of aliphatic hydroxyl groups is 1. The molecule has 2 heterocycles.